The number of anilines is 1. The second-order valence-corrected chi connectivity index (χ2v) is 6.65. The Morgan fingerprint density at radius 3 is 2.21 bits per heavy atom. The number of nitrogens with one attached hydrogen (secondary N) is 2. The first kappa shape index (κ1) is 16.7. The van der Waals surface area contributed by atoms with Gasteiger partial charge in [-0.15, -0.1) is 0 Å². The Labute approximate surface area is 144 Å². The summed E-state index contributed by atoms with van der Waals surface area (Å²) in [4.78, 5) is 14.0. The van der Waals surface area contributed by atoms with Crippen LogP contribution in [0.1, 0.15) is 32.1 Å². The maximum Gasteiger partial charge on any atom is 0.279 e. The van der Waals surface area contributed by atoms with Crippen LogP contribution in [0.25, 0.3) is 11.1 Å². The highest BCUT2D eigenvalue weighted by Crippen LogP contribution is 2.27. The summed E-state index contributed by atoms with van der Waals surface area (Å²) in [6.45, 7) is 2.81. The number of carbonyl (C=O) groups excluding carboxylic acids is 1. The van der Waals surface area contributed by atoms with Crippen LogP contribution in [0.4, 0.5) is 5.69 Å². The van der Waals surface area contributed by atoms with Crippen molar-refractivity contribution in [1.82, 2.24) is 0 Å². The van der Waals surface area contributed by atoms with Gasteiger partial charge in [-0.3, -0.25) is 4.79 Å². The van der Waals surface area contributed by atoms with E-state index < -0.39 is 0 Å². The van der Waals surface area contributed by atoms with Gasteiger partial charge in [0.05, 0.1) is 13.1 Å². The highest BCUT2D eigenvalue weighted by Gasteiger charge is 2.16. The third kappa shape index (κ3) is 4.68. The van der Waals surface area contributed by atoms with E-state index in [4.69, 9.17) is 0 Å². The van der Waals surface area contributed by atoms with E-state index in [2.05, 4.69) is 23.5 Å². The molecular weight excluding hydrogens is 296 g/mol. The molecule has 0 atom stereocenters. The zero-order valence-electron chi connectivity index (χ0n) is 14.3. The van der Waals surface area contributed by atoms with E-state index in [9.17, 15) is 4.79 Å². The lowest BCUT2D eigenvalue weighted by Crippen LogP contribution is -3.13. The molecule has 2 N–H and O–H groups in total. The zero-order chi connectivity index (χ0) is 16.6. The van der Waals surface area contributed by atoms with Gasteiger partial charge in [-0.05, 0) is 37.3 Å². The number of benzene rings is 2. The van der Waals surface area contributed by atoms with Crippen molar-refractivity contribution >= 4 is 11.6 Å². The van der Waals surface area contributed by atoms with E-state index in [-0.39, 0.29) is 5.91 Å². The average molecular weight is 323 g/mol. The minimum Gasteiger partial charge on any atom is -0.327 e. The first-order chi connectivity index (χ1) is 11.8. The average Bonchev–Trinajstić information content (AvgIpc) is 2.58. The highest BCUT2D eigenvalue weighted by atomic mass is 16.2. The van der Waals surface area contributed by atoms with Gasteiger partial charge >= 0.3 is 0 Å². The van der Waals surface area contributed by atoms with E-state index in [0.29, 0.717) is 6.54 Å². The molecule has 24 heavy (non-hydrogen) atoms. The van der Waals surface area contributed by atoms with Crippen molar-refractivity contribution in [3.8, 4) is 11.1 Å². The molecule has 1 aliphatic rings. The third-order valence-electron chi connectivity index (χ3n) is 4.76. The molecule has 1 fully saturated rings. The number of likely N-dealkylation sites (tertiary alicyclic amines) is 1. The second-order valence-electron chi connectivity index (χ2n) is 6.65. The molecule has 0 aliphatic carbocycles. The molecule has 0 unspecified atom stereocenters. The number of amides is 1. The predicted octanol–water partition coefficient (Wildman–Crippen LogP) is 3.14. The summed E-state index contributed by atoms with van der Waals surface area (Å²) in [5, 5.41) is 3.13. The van der Waals surface area contributed by atoms with Crippen molar-refractivity contribution in [3.63, 3.8) is 0 Å². The summed E-state index contributed by atoms with van der Waals surface area (Å²) in [5.41, 5.74) is 3.11. The predicted molar refractivity (Wildman–Crippen MR) is 99.2 cm³/mol. The molecular formula is C21H27N2O+. The van der Waals surface area contributed by atoms with Crippen molar-refractivity contribution in [2.45, 2.75) is 32.1 Å². The van der Waals surface area contributed by atoms with Gasteiger partial charge in [0.2, 0.25) is 0 Å². The SMILES string of the molecule is O=C(C[NH+]1CCCCCCC1)Nc1ccccc1-c1ccccc1. The summed E-state index contributed by atoms with van der Waals surface area (Å²) in [6.07, 6.45) is 6.44. The van der Waals surface area contributed by atoms with Crippen LogP contribution in [0, 0.1) is 0 Å². The Morgan fingerprint density at radius 2 is 1.46 bits per heavy atom. The summed E-state index contributed by atoms with van der Waals surface area (Å²) in [7, 11) is 0. The standard InChI is InChI=1S/C21H26N2O/c24-21(17-23-15-9-2-1-3-10-16-23)22-20-14-8-7-13-19(20)18-11-5-4-6-12-18/h4-8,11-14H,1-3,9-10,15-17H2,(H,22,24)/p+1. The van der Waals surface area contributed by atoms with Crippen LogP contribution in [-0.4, -0.2) is 25.5 Å². The van der Waals surface area contributed by atoms with Gasteiger partial charge in [0, 0.05) is 11.3 Å². The molecule has 0 radical (unpaired) electrons. The second kappa shape index (κ2) is 8.65. The van der Waals surface area contributed by atoms with E-state index >= 15 is 0 Å². The van der Waals surface area contributed by atoms with Crippen LogP contribution in [0.5, 0.6) is 0 Å². The van der Waals surface area contributed by atoms with Gasteiger partial charge in [-0.2, -0.15) is 0 Å². The Bertz CT molecular complexity index is 646. The van der Waals surface area contributed by atoms with Crippen molar-refractivity contribution in [2.24, 2.45) is 0 Å². The van der Waals surface area contributed by atoms with Crippen molar-refractivity contribution in [1.29, 1.82) is 0 Å². The molecule has 2 aromatic carbocycles. The fourth-order valence-corrected chi connectivity index (χ4v) is 3.47. The largest absolute Gasteiger partial charge is 0.327 e. The van der Waals surface area contributed by atoms with Crippen LogP contribution in [0.2, 0.25) is 0 Å². The highest BCUT2D eigenvalue weighted by molar-refractivity contribution is 5.96. The monoisotopic (exact) mass is 323 g/mol. The molecule has 1 saturated heterocycles. The zero-order valence-corrected chi connectivity index (χ0v) is 14.3. The Hall–Kier alpha value is -2.13. The van der Waals surface area contributed by atoms with E-state index in [1.165, 1.54) is 37.0 Å². The quantitative estimate of drug-likeness (QED) is 0.890. The minimum absolute atomic E-state index is 0.119. The Balaban J connectivity index is 1.66. The third-order valence-corrected chi connectivity index (χ3v) is 4.76. The summed E-state index contributed by atoms with van der Waals surface area (Å²) >= 11 is 0. The maximum atomic E-state index is 12.5. The molecule has 0 spiro atoms. The van der Waals surface area contributed by atoms with Gasteiger partial charge < -0.3 is 10.2 Å². The van der Waals surface area contributed by atoms with Gasteiger partial charge in [-0.1, -0.05) is 55.0 Å². The first-order valence-corrected chi connectivity index (χ1v) is 9.11. The first-order valence-electron chi connectivity index (χ1n) is 9.11. The molecule has 0 saturated carbocycles. The molecule has 1 aliphatic heterocycles. The van der Waals surface area contributed by atoms with Crippen LogP contribution < -0.4 is 10.2 Å². The lowest BCUT2D eigenvalue weighted by atomic mass is 10.0. The van der Waals surface area contributed by atoms with Crippen LogP contribution in [-0.2, 0) is 4.79 Å². The number of quaternary nitrogens is 1. The van der Waals surface area contributed by atoms with Gasteiger partial charge in [-0.25, -0.2) is 0 Å². The van der Waals surface area contributed by atoms with Crippen molar-refractivity contribution in [3.05, 3.63) is 54.6 Å². The molecule has 1 amide bonds. The molecule has 3 rings (SSSR count). The van der Waals surface area contributed by atoms with Crippen LogP contribution in [0.15, 0.2) is 54.6 Å². The van der Waals surface area contributed by atoms with Crippen molar-refractivity contribution < 1.29 is 9.69 Å². The van der Waals surface area contributed by atoms with E-state index in [1.54, 1.807) is 0 Å². The minimum atomic E-state index is 0.119. The number of hydrogen-bond acceptors (Lipinski definition) is 1. The number of carbonyl (C=O) groups is 1. The van der Waals surface area contributed by atoms with E-state index in [0.717, 1.165) is 29.9 Å². The lowest BCUT2D eigenvalue weighted by Gasteiger charge is -2.21. The Morgan fingerprint density at radius 1 is 0.833 bits per heavy atom. The van der Waals surface area contributed by atoms with Gasteiger partial charge in [0.15, 0.2) is 6.54 Å². The van der Waals surface area contributed by atoms with Gasteiger partial charge in [0.1, 0.15) is 0 Å². The fourth-order valence-electron chi connectivity index (χ4n) is 3.47. The smallest absolute Gasteiger partial charge is 0.279 e. The van der Waals surface area contributed by atoms with Crippen molar-refractivity contribution in [2.75, 3.05) is 25.0 Å². The van der Waals surface area contributed by atoms with Gasteiger partial charge in [0.25, 0.3) is 5.91 Å². The summed E-state index contributed by atoms with van der Waals surface area (Å²) in [5.74, 6) is 0.119. The van der Waals surface area contributed by atoms with Crippen LogP contribution in [0.3, 0.4) is 0 Å². The summed E-state index contributed by atoms with van der Waals surface area (Å²) in [6, 6.07) is 18.3. The number of para-hydroxylation sites is 1. The number of hydrogen-bond donors (Lipinski definition) is 2. The maximum absolute atomic E-state index is 12.5. The molecule has 3 heteroatoms. The Kier molecular flexibility index (Phi) is 6.02. The molecule has 2 aromatic rings. The fraction of sp³-hybridized carbons (Fsp3) is 0.381. The normalized spacial score (nSPS) is 16.2. The molecule has 1 heterocycles. The molecule has 0 aromatic heterocycles. The lowest BCUT2D eigenvalue weighted by molar-refractivity contribution is -0.892. The summed E-state index contributed by atoms with van der Waals surface area (Å²) < 4.78 is 0. The van der Waals surface area contributed by atoms with E-state index in [1.807, 2.05) is 36.4 Å². The topological polar surface area (TPSA) is 33.5 Å². The molecule has 0 bridgehead atoms. The number of rotatable bonds is 4. The molecule has 3 nitrogen and oxygen atoms in total. The van der Waals surface area contributed by atoms with Crippen LogP contribution >= 0.6 is 0 Å². The molecule has 126 valence electrons.